The second kappa shape index (κ2) is 3.17. The fourth-order valence-electron chi connectivity index (χ4n) is 1.59. The fraction of sp³-hybridized carbons (Fsp3) is 0.0909. The molecule has 0 atom stereocenters. The Morgan fingerprint density at radius 1 is 1.33 bits per heavy atom. The second-order valence-electron chi connectivity index (χ2n) is 3.22. The van der Waals surface area contributed by atoms with Gasteiger partial charge in [-0.2, -0.15) is 0 Å². The molecule has 0 saturated heterocycles. The molecule has 0 aliphatic heterocycles. The van der Waals surface area contributed by atoms with Crippen LogP contribution in [0.1, 0.15) is 5.89 Å². The summed E-state index contributed by atoms with van der Waals surface area (Å²) in [5.41, 5.74) is 2.75. The van der Waals surface area contributed by atoms with Crippen LogP contribution in [0.5, 0.6) is 0 Å². The molecule has 3 rings (SSSR count). The second-order valence-corrected chi connectivity index (χ2v) is 4.12. The Balaban J connectivity index is 2.35. The number of nitrogens with zero attached hydrogens (tertiary/aromatic N) is 2. The van der Waals surface area contributed by atoms with Gasteiger partial charge in [0.25, 0.3) is 0 Å². The van der Waals surface area contributed by atoms with Crippen molar-refractivity contribution < 1.29 is 4.42 Å². The Bertz CT molecular complexity index is 598. The first-order valence-electron chi connectivity index (χ1n) is 4.60. The zero-order valence-corrected chi connectivity index (χ0v) is 8.91. The molecule has 1 aromatic carbocycles. The monoisotopic (exact) mass is 216 g/mol. The van der Waals surface area contributed by atoms with Gasteiger partial charge in [-0.15, -0.1) is 11.3 Å². The van der Waals surface area contributed by atoms with Gasteiger partial charge in [0.05, 0.1) is 0 Å². The number of aromatic nitrogens is 2. The van der Waals surface area contributed by atoms with E-state index in [1.54, 1.807) is 17.5 Å². The van der Waals surface area contributed by atoms with E-state index in [1.165, 1.54) is 0 Å². The lowest BCUT2D eigenvalue weighted by atomic mass is 10.2. The van der Waals surface area contributed by atoms with Crippen LogP contribution in [0.4, 0.5) is 0 Å². The summed E-state index contributed by atoms with van der Waals surface area (Å²) < 4.78 is 5.47. The zero-order chi connectivity index (χ0) is 10.3. The highest BCUT2D eigenvalue weighted by Gasteiger charge is 2.10. The third-order valence-corrected chi connectivity index (χ3v) is 3.00. The van der Waals surface area contributed by atoms with Crippen molar-refractivity contribution in [3.05, 3.63) is 35.7 Å². The topological polar surface area (TPSA) is 38.9 Å². The van der Waals surface area contributed by atoms with E-state index in [0.29, 0.717) is 5.89 Å². The summed E-state index contributed by atoms with van der Waals surface area (Å²) in [5, 5.41) is 2.94. The molecule has 3 aromatic rings. The van der Waals surface area contributed by atoms with Gasteiger partial charge in [-0.1, -0.05) is 6.07 Å². The van der Waals surface area contributed by atoms with Crippen molar-refractivity contribution in [3.8, 4) is 10.6 Å². The van der Waals surface area contributed by atoms with Crippen LogP contribution in [-0.4, -0.2) is 9.97 Å². The molecule has 3 nitrogen and oxygen atoms in total. The van der Waals surface area contributed by atoms with Gasteiger partial charge in [-0.25, -0.2) is 9.97 Å². The molecule has 4 heteroatoms. The van der Waals surface area contributed by atoms with E-state index in [-0.39, 0.29) is 0 Å². The summed E-state index contributed by atoms with van der Waals surface area (Å²) in [5.74, 6) is 0.689. The van der Waals surface area contributed by atoms with Crippen molar-refractivity contribution in [1.82, 2.24) is 9.97 Å². The first-order chi connectivity index (χ1) is 7.34. The van der Waals surface area contributed by atoms with E-state index in [2.05, 4.69) is 9.97 Å². The number of fused-ring (bicyclic) bond motifs is 1. The minimum atomic E-state index is 0.689. The van der Waals surface area contributed by atoms with Crippen molar-refractivity contribution in [3.63, 3.8) is 0 Å². The number of hydrogen-bond acceptors (Lipinski definition) is 4. The molecule has 0 bridgehead atoms. The summed E-state index contributed by atoms with van der Waals surface area (Å²) in [7, 11) is 0. The smallest absolute Gasteiger partial charge is 0.192 e. The normalized spacial score (nSPS) is 11.0. The molecule has 0 aliphatic rings. The Hall–Kier alpha value is -1.68. The van der Waals surface area contributed by atoms with Gasteiger partial charge < -0.3 is 4.42 Å². The lowest BCUT2D eigenvalue weighted by Crippen LogP contribution is -1.78. The maximum absolute atomic E-state index is 5.47. The Labute approximate surface area is 90.4 Å². The van der Waals surface area contributed by atoms with E-state index in [4.69, 9.17) is 4.42 Å². The van der Waals surface area contributed by atoms with Gasteiger partial charge in [0.2, 0.25) is 0 Å². The Morgan fingerprint density at radius 2 is 2.27 bits per heavy atom. The minimum Gasteiger partial charge on any atom is -0.441 e. The number of thiazole rings is 1. The largest absolute Gasteiger partial charge is 0.441 e. The molecular formula is C11H8N2OS. The number of para-hydroxylation sites is 1. The molecule has 0 N–H and O–H groups in total. The van der Waals surface area contributed by atoms with E-state index in [0.717, 1.165) is 21.7 Å². The first-order valence-corrected chi connectivity index (χ1v) is 5.48. The summed E-state index contributed by atoms with van der Waals surface area (Å²) in [4.78, 5) is 8.65. The van der Waals surface area contributed by atoms with Gasteiger partial charge in [-0.3, -0.25) is 0 Å². The zero-order valence-electron chi connectivity index (χ0n) is 8.10. The molecule has 0 unspecified atom stereocenters. The van der Waals surface area contributed by atoms with Gasteiger partial charge in [0, 0.05) is 24.1 Å². The molecular weight excluding hydrogens is 208 g/mol. The van der Waals surface area contributed by atoms with E-state index in [1.807, 2.05) is 30.5 Å². The highest BCUT2D eigenvalue weighted by molar-refractivity contribution is 7.13. The highest BCUT2D eigenvalue weighted by Crippen LogP contribution is 2.29. The number of benzene rings is 1. The van der Waals surface area contributed by atoms with E-state index in [9.17, 15) is 0 Å². The third kappa shape index (κ3) is 1.34. The van der Waals surface area contributed by atoms with Gasteiger partial charge in [0.1, 0.15) is 10.5 Å². The fourth-order valence-corrected chi connectivity index (χ4v) is 2.25. The molecule has 74 valence electrons. The minimum absolute atomic E-state index is 0.689. The molecule has 0 spiro atoms. The standard InChI is InChI=1S/C11H8N2OS/c1-7-13-10-8(11-12-5-6-15-11)3-2-4-9(10)14-7/h2-6H,1H3. The van der Waals surface area contributed by atoms with Crippen LogP contribution in [0.15, 0.2) is 34.2 Å². The van der Waals surface area contributed by atoms with Crippen LogP contribution in [0, 0.1) is 6.92 Å². The lowest BCUT2D eigenvalue weighted by Gasteiger charge is -1.95. The van der Waals surface area contributed by atoms with Crippen molar-refractivity contribution in [2.45, 2.75) is 6.92 Å². The Kier molecular flexibility index (Phi) is 1.82. The quantitative estimate of drug-likeness (QED) is 0.626. The Morgan fingerprint density at radius 3 is 3.07 bits per heavy atom. The summed E-state index contributed by atoms with van der Waals surface area (Å²) in [6, 6.07) is 5.90. The van der Waals surface area contributed by atoms with Crippen LogP contribution in [0.2, 0.25) is 0 Å². The average Bonchev–Trinajstić information content (AvgIpc) is 2.82. The predicted octanol–water partition coefficient (Wildman–Crippen LogP) is 3.26. The van der Waals surface area contributed by atoms with Crippen molar-refractivity contribution in [2.75, 3.05) is 0 Å². The molecule has 0 fully saturated rings. The summed E-state index contributed by atoms with van der Waals surface area (Å²) in [6.45, 7) is 1.85. The molecule has 2 heterocycles. The van der Waals surface area contributed by atoms with Crippen LogP contribution in [0.25, 0.3) is 21.7 Å². The van der Waals surface area contributed by atoms with Gasteiger partial charge >= 0.3 is 0 Å². The predicted molar refractivity (Wildman–Crippen MR) is 59.9 cm³/mol. The highest BCUT2D eigenvalue weighted by atomic mass is 32.1. The molecule has 0 aliphatic carbocycles. The maximum atomic E-state index is 5.47. The lowest BCUT2D eigenvalue weighted by molar-refractivity contribution is 0.561. The third-order valence-electron chi connectivity index (χ3n) is 2.19. The summed E-state index contributed by atoms with van der Waals surface area (Å²) >= 11 is 1.61. The van der Waals surface area contributed by atoms with Crippen LogP contribution in [0.3, 0.4) is 0 Å². The van der Waals surface area contributed by atoms with Gasteiger partial charge in [-0.05, 0) is 12.1 Å². The number of rotatable bonds is 1. The van der Waals surface area contributed by atoms with Crippen molar-refractivity contribution >= 4 is 22.4 Å². The molecule has 0 saturated carbocycles. The maximum Gasteiger partial charge on any atom is 0.192 e. The molecule has 0 amide bonds. The van der Waals surface area contributed by atoms with Crippen molar-refractivity contribution in [2.24, 2.45) is 0 Å². The number of oxazole rings is 1. The molecule has 0 radical (unpaired) electrons. The number of hydrogen-bond donors (Lipinski definition) is 0. The van der Waals surface area contributed by atoms with Crippen LogP contribution in [-0.2, 0) is 0 Å². The molecule has 15 heavy (non-hydrogen) atoms. The SMILES string of the molecule is Cc1nc2c(-c3nccs3)cccc2o1. The van der Waals surface area contributed by atoms with E-state index >= 15 is 0 Å². The van der Waals surface area contributed by atoms with Crippen molar-refractivity contribution in [1.29, 1.82) is 0 Å². The summed E-state index contributed by atoms with van der Waals surface area (Å²) in [6.07, 6.45) is 1.80. The molecule has 2 aromatic heterocycles. The van der Waals surface area contributed by atoms with Crippen LogP contribution < -0.4 is 0 Å². The average molecular weight is 216 g/mol. The van der Waals surface area contributed by atoms with E-state index < -0.39 is 0 Å². The van der Waals surface area contributed by atoms with Gasteiger partial charge in [0.15, 0.2) is 11.5 Å². The van der Waals surface area contributed by atoms with Crippen LogP contribution >= 0.6 is 11.3 Å². The number of aryl methyl sites for hydroxylation is 1. The first kappa shape index (κ1) is 8.61.